The number of nitrogens with one attached hydrogen (secondary N) is 1. The number of amides is 1. The van der Waals surface area contributed by atoms with Crippen LogP contribution in [0.5, 0.6) is 5.75 Å². The fourth-order valence-electron chi connectivity index (χ4n) is 4.38. The minimum Gasteiger partial charge on any atom is -0.483 e. The molecule has 40 heavy (non-hydrogen) atoms. The number of hydrogen-bond acceptors (Lipinski definition) is 3. The highest BCUT2D eigenvalue weighted by Crippen LogP contribution is 2.34. The van der Waals surface area contributed by atoms with E-state index < -0.39 is 35.5 Å². The number of carbonyl (C=O) groups is 2. The van der Waals surface area contributed by atoms with Gasteiger partial charge in [-0.15, -0.1) is 0 Å². The molecule has 2 N–H and O–H groups in total. The van der Waals surface area contributed by atoms with E-state index in [1.807, 2.05) is 25.1 Å². The van der Waals surface area contributed by atoms with Crippen LogP contribution in [0, 0.1) is 12.7 Å². The molecule has 5 nitrogen and oxygen atoms in total. The molecule has 0 aromatic heterocycles. The van der Waals surface area contributed by atoms with Crippen molar-refractivity contribution in [2.45, 2.75) is 64.7 Å². The number of aliphatic carboxylic acids is 1. The number of unbranched alkanes of at least 4 members (excludes halogenated alkanes) is 3. The van der Waals surface area contributed by atoms with Gasteiger partial charge in [-0.25, -0.2) is 4.39 Å². The van der Waals surface area contributed by atoms with Gasteiger partial charge in [0.25, 0.3) is 5.91 Å². The van der Waals surface area contributed by atoms with Crippen molar-refractivity contribution in [2.75, 3.05) is 6.54 Å². The summed E-state index contributed by atoms with van der Waals surface area (Å²) in [5, 5.41) is 11.1. The predicted molar refractivity (Wildman–Crippen MR) is 145 cm³/mol. The first-order valence-corrected chi connectivity index (χ1v) is 13.2. The van der Waals surface area contributed by atoms with Crippen molar-refractivity contribution in [3.05, 3.63) is 88.7 Å². The zero-order chi connectivity index (χ0) is 29.3. The lowest BCUT2D eigenvalue weighted by molar-refractivity contribution is -0.138. The second kappa shape index (κ2) is 14.0. The number of benzene rings is 3. The second-order valence-electron chi connectivity index (χ2n) is 9.65. The van der Waals surface area contributed by atoms with Gasteiger partial charge in [-0.2, -0.15) is 13.2 Å². The van der Waals surface area contributed by atoms with E-state index in [4.69, 9.17) is 9.84 Å². The van der Waals surface area contributed by atoms with Gasteiger partial charge in [0, 0.05) is 12.1 Å². The summed E-state index contributed by atoms with van der Waals surface area (Å²) in [5.41, 5.74) is 2.42. The van der Waals surface area contributed by atoms with Crippen LogP contribution in [0.1, 0.15) is 78.6 Å². The van der Waals surface area contributed by atoms with Gasteiger partial charge in [0.05, 0.1) is 12.0 Å². The Morgan fingerprint density at radius 1 is 0.950 bits per heavy atom. The van der Waals surface area contributed by atoms with E-state index in [-0.39, 0.29) is 24.3 Å². The molecule has 0 aliphatic heterocycles. The van der Waals surface area contributed by atoms with Crippen molar-refractivity contribution in [3.8, 4) is 16.9 Å². The molecule has 9 heteroatoms. The third kappa shape index (κ3) is 8.56. The standard InChI is InChI=1S/C31H33F4NO4/c1-3-4-5-6-7-27(40-28-15-11-23(19-26(28)32)30(39)36-17-16-29(37)38)25-14-10-22(18-20(25)2)21-8-12-24(13-9-21)31(33,34)35/h8-15,18-19,27H,3-7,16-17H2,1-2H3,(H,36,39)(H,37,38). The molecule has 0 aliphatic rings. The Bertz CT molecular complexity index is 1310. The van der Waals surface area contributed by atoms with Gasteiger partial charge >= 0.3 is 12.1 Å². The fraction of sp³-hybridized carbons (Fsp3) is 0.355. The Morgan fingerprint density at radius 2 is 1.65 bits per heavy atom. The SMILES string of the molecule is CCCCCCC(Oc1ccc(C(=O)NCCC(=O)O)cc1F)c1ccc(-c2ccc(C(F)(F)F)cc2)cc1C. The van der Waals surface area contributed by atoms with Crippen LogP contribution in [0.25, 0.3) is 11.1 Å². The van der Waals surface area contributed by atoms with Crippen LogP contribution in [0.15, 0.2) is 60.7 Å². The Kier molecular flexibility index (Phi) is 10.7. The Hall–Kier alpha value is -3.88. The molecule has 0 fully saturated rings. The fourth-order valence-corrected chi connectivity index (χ4v) is 4.38. The molecule has 0 spiro atoms. The quantitative estimate of drug-likeness (QED) is 0.164. The summed E-state index contributed by atoms with van der Waals surface area (Å²) in [4.78, 5) is 22.9. The Labute approximate surface area is 231 Å². The zero-order valence-electron chi connectivity index (χ0n) is 22.5. The maximum atomic E-state index is 15.0. The van der Waals surface area contributed by atoms with Gasteiger partial charge in [0.1, 0.15) is 6.10 Å². The Morgan fingerprint density at radius 3 is 2.25 bits per heavy atom. The lowest BCUT2D eigenvalue weighted by Gasteiger charge is -2.23. The van der Waals surface area contributed by atoms with Crippen LogP contribution in [0.4, 0.5) is 17.6 Å². The first kappa shape index (κ1) is 30.7. The van der Waals surface area contributed by atoms with Gasteiger partial charge in [-0.3, -0.25) is 9.59 Å². The molecule has 3 aromatic rings. The van der Waals surface area contributed by atoms with Crippen LogP contribution in [-0.2, 0) is 11.0 Å². The summed E-state index contributed by atoms with van der Waals surface area (Å²) in [5.74, 6) is -2.38. The van der Waals surface area contributed by atoms with Gasteiger partial charge in [-0.1, -0.05) is 56.5 Å². The van der Waals surface area contributed by atoms with E-state index in [1.54, 1.807) is 0 Å². The van der Waals surface area contributed by atoms with Crippen molar-refractivity contribution in [1.29, 1.82) is 0 Å². The van der Waals surface area contributed by atoms with Crippen molar-refractivity contribution in [2.24, 2.45) is 0 Å². The number of alkyl halides is 3. The van der Waals surface area contributed by atoms with Gasteiger partial charge in [0.2, 0.25) is 0 Å². The van der Waals surface area contributed by atoms with Crippen LogP contribution in [0.3, 0.4) is 0 Å². The molecule has 1 unspecified atom stereocenters. The van der Waals surface area contributed by atoms with Crippen LogP contribution < -0.4 is 10.1 Å². The highest BCUT2D eigenvalue weighted by Gasteiger charge is 2.30. The zero-order valence-corrected chi connectivity index (χ0v) is 22.5. The number of ether oxygens (including phenoxy) is 1. The molecule has 0 aliphatic carbocycles. The lowest BCUT2D eigenvalue weighted by Crippen LogP contribution is -2.26. The molecule has 1 atom stereocenters. The van der Waals surface area contributed by atoms with Gasteiger partial charge < -0.3 is 15.2 Å². The minimum absolute atomic E-state index is 0.0196. The average Bonchev–Trinajstić information content (AvgIpc) is 2.90. The summed E-state index contributed by atoms with van der Waals surface area (Å²) in [6, 6.07) is 14.4. The molecule has 0 radical (unpaired) electrons. The average molecular weight is 560 g/mol. The molecule has 0 saturated carbocycles. The van der Waals surface area contributed by atoms with Gasteiger partial charge in [-0.05, 0) is 72.4 Å². The maximum absolute atomic E-state index is 15.0. The number of halogens is 4. The van der Waals surface area contributed by atoms with E-state index in [0.717, 1.165) is 60.6 Å². The smallest absolute Gasteiger partial charge is 0.416 e. The number of carbonyl (C=O) groups excluding carboxylic acids is 1. The molecule has 0 heterocycles. The van der Waals surface area contributed by atoms with E-state index in [9.17, 15) is 22.8 Å². The maximum Gasteiger partial charge on any atom is 0.416 e. The summed E-state index contributed by atoms with van der Waals surface area (Å²) in [6.45, 7) is 3.91. The van der Waals surface area contributed by atoms with E-state index in [0.29, 0.717) is 12.0 Å². The van der Waals surface area contributed by atoms with Crippen LogP contribution in [-0.4, -0.2) is 23.5 Å². The summed E-state index contributed by atoms with van der Waals surface area (Å²) >= 11 is 0. The van der Waals surface area contributed by atoms with Crippen LogP contribution in [0.2, 0.25) is 0 Å². The van der Waals surface area contributed by atoms with Crippen LogP contribution >= 0.6 is 0 Å². The normalized spacial score (nSPS) is 12.2. The van der Waals surface area contributed by atoms with Gasteiger partial charge in [0.15, 0.2) is 11.6 Å². The Balaban J connectivity index is 1.81. The number of aryl methyl sites for hydroxylation is 1. The third-order valence-corrected chi connectivity index (χ3v) is 6.57. The first-order chi connectivity index (χ1) is 19.0. The summed E-state index contributed by atoms with van der Waals surface area (Å²) < 4.78 is 60.0. The summed E-state index contributed by atoms with van der Waals surface area (Å²) in [6.07, 6.45) is -0.568. The third-order valence-electron chi connectivity index (χ3n) is 6.57. The first-order valence-electron chi connectivity index (χ1n) is 13.2. The minimum atomic E-state index is -4.40. The second-order valence-corrected chi connectivity index (χ2v) is 9.65. The summed E-state index contributed by atoms with van der Waals surface area (Å²) in [7, 11) is 0. The van der Waals surface area contributed by atoms with Crippen molar-refractivity contribution in [3.63, 3.8) is 0 Å². The number of rotatable bonds is 13. The van der Waals surface area contributed by atoms with Crippen molar-refractivity contribution < 1.29 is 37.0 Å². The molecular formula is C31H33F4NO4. The highest BCUT2D eigenvalue weighted by molar-refractivity contribution is 5.94. The molecule has 1 amide bonds. The van der Waals surface area contributed by atoms with E-state index in [2.05, 4.69) is 12.2 Å². The molecule has 0 bridgehead atoms. The number of hydrogen-bond donors (Lipinski definition) is 2. The topological polar surface area (TPSA) is 75.6 Å². The number of carboxylic acids is 1. The lowest BCUT2D eigenvalue weighted by atomic mass is 9.94. The molecule has 3 rings (SSSR count). The highest BCUT2D eigenvalue weighted by atomic mass is 19.4. The largest absolute Gasteiger partial charge is 0.483 e. The van der Waals surface area contributed by atoms with Crippen molar-refractivity contribution >= 4 is 11.9 Å². The van der Waals surface area contributed by atoms with E-state index >= 15 is 4.39 Å². The predicted octanol–water partition coefficient (Wildman–Crippen LogP) is 8.11. The molecule has 3 aromatic carbocycles. The monoisotopic (exact) mass is 559 g/mol. The molecular weight excluding hydrogens is 526 g/mol. The molecule has 214 valence electrons. The molecule has 0 saturated heterocycles. The van der Waals surface area contributed by atoms with E-state index in [1.165, 1.54) is 24.3 Å². The number of carboxylic acid groups (broad SMARTS) is 1. The van der Waals surface area contributed by atoms with Crippen molar-refractivity contribution in [1.82, 2.24) is 5.32 Å².